The standard InChI is InChI=1S/C12H15N3O2S/c1-3-8-5-14-11(17-8)6-15-12(16)10-4-9(13)7(2)18-10/h4-5H,3,6,13H2,1-2H3,(H,15,16). The smallest absolute Gasteiger partial charge is 0.261 e. The van der Waals surface area contributed by atoms with Crippen LogP contribution < -0.4 is 11.1 Å². The Morgan fingerprint density at radius 3 is 2.94 bits per heavy atom. The highest BCUT2D eigenvalue weighted by atomic mass is 32.1. The van der Waals surface area contributed by atoms with Crippen molar-refractivity contribution < 1.29 is 9.21 Å². The Hall–Kier alpha value is -1.82. The fourth-order valence-electron chi connectivity index (χ4n) is 1.44. The third-order valence-corrected chi connectivity index (χ3v) is 3.60. The van der Waals surface area contributed by atoms with Crippen molar-refractivity contribution in [3.63, 3.8) is 0 Å². The second kappa shape index (κ2) is 5.22. The van der Waals surface area contributed by atoms with Gasteiger partial charge in [-0.1, -0.05) is 6.92 Å². The van der Waals surface area contributed by atoms with Crippen molar-refractivity contribution in [3.8, 4) is 0 Å². The molecule has 3 N–H and O–H groups in total. The summed E-state index contributed by atoms with van der Waals surface area (Å²) < 4.78 is 5.40. The number of nitrogens with zero attached hydrogens (tertiary/aromatic N) is 1. The first kappa shape index (κ1) is 12.6. The summed E-state index contributed by atoms with van der Waals surface area (Å²) in [6.45, 7) is 4.16. The molecule has 0 aromatic carbocycles. The van der Waals surface area contributed by atoms with Gasteiger partial charge in [-0.15, -0.1) is 11.3 Å². The SMILES string of the molecule is CCc1cnc(CNC(=O)c2cc(N)c(C)s2)o1. The van der Waals surface area contributed by atoms with Crippen LogP contribution >= 0.6 is 11.3 Å². The molecule has 1 amide bonds. The predicted molar refractivity (Wildman–Crippen MR) is 70.5 cm³/mol. The number of anilines is 1. The minimum absolute atomic E-state index is 0.156. The third-order valence-electron chi connectivity index (χ3n) is 2.53. The van der Waals surface area contributed by atoms with E-state index in [1.54, 1.807) is 12.3 Å². The molecule has 5 nitrogen and oxygen atoms in total. The number of nitrogen functional groups attached to an aromatic ring is 1. The maximum Gasteiger partial charge on any atom is 0.261 e. The molecular formula is C12H15N3O2S. The van der Waals surface area contributed by atoms with Crippen LogP contribution in [-0.2, 0) is 13.0 Å². The highest BCUT2D eigenvalue weighted by Crippen LogP contribution is 2.23. The highest BCUT2D eigenvalue weighted by molar-refractivity contribution is 7.14. The van der Waals surface area contributed by atoms with Gasteiger partial charge in [0.2, 0.25) is 5.89 Å². The highest BCUT2D eigenvalue weighted by Gasteiger charge is 2.11. The van der Waals surface area contributed by atoms with Gasteiger partial charge in [0.15, 0.2) is 0 Å². The Morgan fingerprint density at radius 1 is 1.61 bits per heavy atom. The van der Waals surface area contributed by atoms with E-state index in [0.717, 1.165) is 17.1 Å². The van der Waals surface area contributed by atoms with Gasteiger partial charge in [0, 0.05) is 17.0 Å². The van der Waals surface area contributed by atoms with Crippen LogP contribution in [0.5, 0.6) is 0 Å². The normalized spacial score (nSPS) is 10.6. The molecule has 0 unspecified atom stereocenters. The van der Waals surface area contributed by atoms with Gasteiger partial charge in [0.1, 0.15) is 5.76 Å². The van der Waals surface area contributed by atoms with Crippen molar-refractivity contribution >= 4 is 22.9 Å². The molecule has 18 heavy (non-hydrogen) atoms. The fourth-order valence-corrected chi connectivity index (χ4v) is 2.30. The molecule has 0 aliphatic carbocycles. The number of aryl methyl sites for hydroxylation is 2. The molecular weight excluding hydrogens is 250 g/mol. The second-order valence-corrected chi connectivity index (χ2v) is 5.14. The molecule has 2 rings (SSSR count). The molecule has 0 saturated carbocycles. The quantitative estimate of drug-likeness (QED) is 0.887. The first-order valence-corrected chi connectivity index (χ1v) is 6.49. The molecule has 6 heteroatoms. The zero-order chi connectivity index (χ0) is 13.1. The van der Waals surface area contributed by atoms with Crippen molar-refractivity contribution in [2.24, 2.45) is 0 Å². The number of aromatic nitrogens is 1. The molecule has 0 aliphatic heterocycles. The Bertz CT molecular complexity index is 540. The zero-order valence-corrected chi connectivity index (χ0v) is 11.1. The lowest BCUT2D eigenvalue weighted by Gasteiger charge is -1.99. The lowest BCUT2D eigenvalue weighted by Crippen LogP contribution is -2.21. The number of hydrogen-bond donors (Lipinski definition) is 2. The number of amides is 1. The largest absolute Gasteiger partial charge is 0.444 e. The fraction of sp³-hybridized carbons (Fsp3) is 0.333. The van der Waals surface area contributed by atoms with Crippen molar-refractivity contribution in [3.05, 3.63) is 33.7 Å². The van der Waals surface area contributed by atoms with E-state index in [4.69, 9.17) is 10.2 Å². The summed E-state index contributed by atoms with van der Waals surface area (Å²) in [5.74, 6) is 1.17. The van der Waals surface area contributed by atoms with Crippen LogP contribution in [0.3, 0.4) is 0 Å². The Kier molecular flexibility index (Phi) is 3.66. The van der Waals surface area contributed by atoms with E-state index in [2.05, 4.69) is 10.3 Å². The topological polar surface area (TPSA) is 81.2 Å². The molecule has 0 radical (unpaired) electrons. The number of nitrogens with two attached hydrogens (primary N) is 1. The Morgan fingerprint density at radius 2 is 2.39 bits per heavy atom. The first-order chi connectivity index (χ1) is 8.60. The van der Waals surface area contributed by atoms with Gasteiger partial charge < -0.3 is 15.5 Å². The van der Waals surface area contributed by atoms with E-state index in [1.165, 1.54) is 11.3 Å². The summed E-state index contributed by atoms with van der Waals surface area (Å²) >= 11 is 1.38. The molecule has 0 aliphatic rings. The van der Waals surface area contributed by atoms with Crippen LogP contribution in [0.25, 0.3) is 0 Å². The number of nitrogens with one attached hydrogen (secondary N) is 1. The monoisotopic (exact) mass is 265 g/mol. The molecule has 2 heterocycles. The number of thiophene rings is 1. The van der Waals surface area contributed by atoms with Gasteiger partial charge in [-0.2, -0.15) is 0 Å². The van der Waals surface area contributed by atoms with Crippen molar-refractivity contribution in [2.75, 3.05) is 5.73 Å². The third kappa shape index (κ3) is 2.70. The number of rotatable bonds is 4. The van der Waals surface area contributed by atoms with E-state index < -0.39 is 0 Å². The van der Waals surface area contributed by atoms with Crippen molar-refractivity contribution in [2.45, 2.75) is 26.8 Å². The van der Waals surface area contributed by atoms with E-state index in [0.29, 0.717) is 16.5 Å². The zero-order valence-electron chi connectivity index (χ0n) is 10.3. The second-order valence-electron chi connectivity index (χ2n) is 3.88. The summed E-state index contributed by atoms with van der Waals surface area (Å²) in [5, 5.41) is 2.75. The van der Waals surface area contributed by atoms with Crippen molar-refractivity contribution in [1.82, 2.24) is 10.3 Å². The average molecular weight is 265 g/mol. The molecule has 2 aromatic rings. The molecule has 0 atom stereocenters. The van der Waals surface area contributed by atoms with Crippen LogP contribution in [0.15, 0.2) is 16.7 Å². The average Bonchev–Trinajstić information content (AvgIpc) is 2.94. The summed E-state index contributed by atoms with van der Waals surface area (Å²) in [5.41, 5.74) is 6.35. The molecule has 0 saturated heterocycles. The molecule has 0 spiro atoms. The van der Waals surface area contributed by atoms with Crippen LogP contribution in [0.4, 0.5) is 5.69 Å². The predicted octanol–water partition coefficient (Wildman–Crippen LogP) is 2.12. The number of carbonyl (C=O) groups is 1. The van der Waals surface area contributed by atoms with Crippen LogP contribution in [0.1, 0.15) is 33.1 Å². The van der Waals surface area contributed by atoms with E-state index in [-0.39, 0.29) is 12.5 Å². The van der Waals surface area contributed by atoms with Gasteiger partial charge in [-0.05, 0) is 13.0 Å². The lowest BCUT2D eigenvalue weighted by molar-refractivity contribution is 0.0951. The number of hydrogen-bond acceptors (Lipinski definition) is 5. The van der Waals surface area contributed by atoms with Crippen molar-refractivity contribution in [1.29, 1.82) is 0 Å². The number of carbonyl (C=O) groups excluding carboxylic acids is 1. The van der Waals surface area contributed by atoms with Gasteiger partial charge in [-0.3, -0.25) is 4.79 Å². The van der Waals surface area contributed by atoms with Crippen LogP contribution in [0.2, 0.25) is 0 Å². The van der Waals surface area contributed by atoms with E-state index >= 15 is 0 Å². The maximum atomic E-state index is 11.8. The summed E-state index contributed by atoms with van der Waals surface area (Å²) in [6.07, 6.45) is 2.47. The van der Waals surface area contributed by atoms with Crippen LogP contribution in [0, 0.1) is 6.92 Å². The molecule has 0 fully saturated rings. The lowest BCUT2D eigenvalue weighted by atomic mass is 10.3. The van der Waals surface area contributed by atoms with E-state index in [9.17, 15) is 4.79 Å². The van der Waals surface area contributed by atoms with Crippen LogP contribution in [-0.4, -0.2) is 10.9 Å². The van der Waals surface area contributed by atoms with Gasteiger partial charge >= 0.3 is 0 Å². The van der Waals surface area contributed by atoms with Gasteiger partial charge in [0.25, 0.3) is 5.91 Å². The molecule has 96 valence electrons. The maximum absolute atomic E-state index is 11.8. The first-order valence-electron chi connectivity index (χ1n) is 5.67. The van der Waals surface area contributed by atoms with E-state index in [1.807, 2.05) is 13.8 Å². The summed E-state index contributed by atoms with van der Waals surface area (Å²) in [6, 6.07) is 1.68. The summed E-state index contributed by atoms with van der Waals surface area (Å²) in [7, 11) is 0. The molecule has 2 aromatic heterocycles. The van der Waals surface area contributed by atoms with Gasteiger partial charge in [-0.25, -0.2) is 4.98 Å². The minimum atomic E-state index is -0.156. The minimum Gasteiger partial charge on any atom is -0.444 e. The Balaban J connectivity index is 1.95. The summed E-state index contributed by atoms with van der Waals surface area (Å²) in [4.78, 5) is 17.5. The molecule has 0 bridgehead atoms. The van der Waals surface area contributed by atoms with Gasteiger partial charge in [0.05, 0.1) is 17.6 Å². The Labute approximate surface area is 109 Å². The number of oxazole rings is 1.